The van der Waals surface area contributed by atoms with Gasteiger partial charge in [-0.25, -0.2) is 0 Å². The standard InChI is InChI=1S/C19H24O2/c1-14-12-18(20)10-8-16(14)6-4-3-5-7-17-9-11-19(21)13-15(17)2/h8-13,20-21H,3-7H2,1-2H3. The highest BCUT2D eigenvalue weighted by Crippen LogP contribution is 2.20. The van der Waals surface area contributed by atoms with Crippen LogP contribution < -0.4 is 0 Å². The van der Waals surface area contributed by atoms with Gasteiger partial charge in [0.15, 0.2) is 0 Å². The maximum absolute atomic E-state index is 9.40. The average molecular weight is 284 g/mol. The van der Waals surface area contributed by atoms with Crippen LogP contribution in [0.5, 0.6) is 11.5 Å². The minimum Gasteiger partial charge on any atom is -0.508 e. The first-order valence-electron chi connectivity index (χ1n) is 7.63. The largest absolute Gasteiger partial charge is 0.508 e. The fourth-order valence-electron chi connectivity index (χ4n) is 2.73. The van der Waals surface area contributed by atoms with Crippen LogP contribution in [0.25, 0.3) is 0 Å². The molecule has 112 valence electrons. The van der Waals surface area contributed by atoms with Crippen molar-refractivity contribution in [1.82, 2.24) is 0 Å². The number of rotatable bonds is 6. The summed E-state index contributed by atoms with van der Waals surface area (Å²) in [5.41, 5.74) is 5.00. The van der Waals surface area contributed by atoms with Gasteiger partial charge >= 0.3 is 0 Å². The van der Waals surface area contributed by atoms with E-state index in [4.69, 9.17) is 0 Å². The second-order valence-corrected chi connectivity index (χ2v) is 5.78. The zero-order valence-electron chi connectivity index (χ0n) is 12.9. The van der Waals surface area contributed by atoms with Crippen LogP contribution in [0.3, 0.4) is 0 Å². The third kappa shape index (κ3) is 4.52. The predicted octanol–water partition coefficient (Wildman–Crippen LogP) is 4.67. The van der Waals surface area contributed by atoms with E-state index in [-0.39, 0.29) is 0 Å². The topological polar surface area (TPSA) is 40.5 Å². The summed E-state index contributed by atoms with van der Waals surface area (Å²) < 4.78 is 0. The van der Waals surface area contributed by atoms with Crippen molar-refractivity contribution in [3.8, 4) is 11.5 Å². The number of benzene rings is 2. The Kier molecular flexibility index (Phi) is 5.26. The van der Waals surface area contributed by atoms with Crippen molar-refractivity contribution in [2.24, 2.45) is 0 Å². The molecule has 0 aliphatic carbocycles. The van der Waals surface area contributed by atoms with Gasteiger partial charge in [-0.3, -0.25) is 0 Å². The van der Waals surface area contributed by atoms with Crippen molar-refractivity contribution < 1.29 is 10.2 Å². The molecule has 2 N–H and O–H groups in total. The van der Waals surface area contributed by atoms with Crippen LogP contribution in [0.1, 0.15) is 41.5 Å². The Morgan fingerprint density at radius 1 is 0.667 bits per heavy atom. The van der Waals surface area contributed by atoms with Gasteiger partial charge in [0.25, 0.3) is 0 Å². The Morgan fingerprint density at radius 3 is 1.48 bits per heavy atom. The molecule has 2 aromatic carbocycles. The molecule has 0 unspecified atom stereocenters. The smallest absolute Gasteiger partial charge is 0.115 e. The van der Waals surface area contributed by atoms with Crippen LogP contribution in [0.4, 0.5) is 0 Å². The summed E-state index contributed by atoms with van der Waals surface area (Å²) in [5.74, 6) is 0.693. The van der Waals surface area contributed by atoms with E-state index in [0.29, 0.717) is 11.5 Å². The van der Waals surface area contributed by atoms with E-state index in [2.05, 4.69) is 13.8 Å². The molecule has 0 saturated carbocycles. The summed E-state index contributed by atoms with van der Waals surface area (Å²) in [5, 5.41) is 18.8. The highest BCUT2D eigenvalue weighted by Gasteiger charge is 2.02. The molecule has 0 atom stereocenters. The van der Waals surface area contributed by atoms with Crippen LogP contribution >= 0.6 is 0 Å². The summed E-state index contributed by atoms with van der Waals surface area (Å²) in [6.07, 6.45) is 5.67. The Hall–Kier alpha value is -1.96. The normalized spacial score (nSPS) is 10.8. The van der Waals surface area contributed by atoms with Gasteiger partial charge in [-0.2, -0.15) is 0 Å². The van der Waals surface area contributed by atoms with E-state index in [1.807, 2.05) is 24.3 Å². The zero-order chi connectivity index (χ0) is 15.2. The van der Waals surface area contributed by atoms with Crippen LogP contribution in [0, 0.1) is 13.8 Å². The number of phenols is 2. The van der Waals surface area contributed by atoms with Gasteiger partial charge < -0.3 is 10.2 Å². The third-order valence-corrected chi connectivity index (χ3v) is 4.04. The molecule has 0 radical (unpaired) electrons. The number of hydrogen-bond acceptors (Lipinski definition) is 2. The van der Waals surface area contributed by atoms with E-state index in [0.717, 1.165) is 12.8 Å². The Morgan fingerprint density at radius 2 is 1.10 bits per heavy atom. The molecule has 0 aliphatic heterocycles. The van der Waals surface area contributed by atoms with E-state index in [9.17, 15) is 10.2 Å². The number of phenolic OH excluding ortho intramolecular Hbond substituents is 2. The molecule has 0 amide bonds. The van der Waals surface area contributed by atoms with Crippen molar-refractivity contribution in [3.05, 3.63) is 58.7 Å². The molecule has 0 saturated heterocycles. The molecule has 2 rings (SSSR count). The summed E-state index contributed by atoms with van der Waals surface area (Å²) in [6.45, 7) is 4.10. The third-order valence-electron chi connectivity index (χ3n) is 4.04. The van der Waals surface area contributed by atoms with Gasteiger partial charge in [0.1, 0.15) is 11.5 Å². The molecular formula is C19H24O2. The Labute approximate surface area is 127 Å². The Balaban J connectivity index is 1.75. The van der Waals surface area contributed by atoms with Gasteiger partial charge in [-0.1, -0.05) is 18.6 Å². The molecule has 0 aromatic heterocycles. The first-order chi connectivity index (χ1) is 10.1. The fourth-order valence-corrected chi connectivity index (χ4v) is 2.73. The lowest BCUT2D eigenvalue weighted by atomic mass is 9.99. The van der Waals surface area contributed by atoms with Crippen molar-refractivity contribution in [3.63, 3.8) is 0 Å². The summed E-state index contributed by atoms with van der Waals surface area (Å²) in [6, 6.07) is 11.2. The zero-order valence-corrected chi connectivity index (χ0v) is 12.9. The second kappa shape index (κ2) is 7.16. The van der Waals surface area contributed by atoms with Crippen molar-refractivity contribution in [2.45, 2.75) is 46.0 Å². The summed E-state index contributed by atoms with van der Waals surface area (Å²) >= 11 is 0. The van der Waals surface area contributed by atoms with Crippen LogP contribution in [-0.2, 0) is 12.8 Å². The molecule has 2 heteroatoms. The van der Waals surface area contributed by atoms with Gasteiger partial charge in [0.05, 0.1) is 0 Å². The lowest BCUT2D eigenvalue weighted by Crippen LogP contribution is -1.93. The number of aryl methyl sites for hydroxylation is 4. The first-order valence-corrected chi connectivity index (χ1v) is 7.63. The molecule has 2 aromatic rings. The quantitative estimate of drug-likeness (QED) is 0.757. The monoisotopic (exact) mass is 284 g/mol. The van der Waals surface area contributed by atoms with E-state index < -0.39 is 0 Å². The number of hydrogen-bond donors (Lipinski definition) is 2. The van der Waals surface area contributed by atoms with Crippen molar-refractivity contribution in [2.75, 3.05) is 0 Å². The van der Waals surface area contributed by atoms with E-state index in [1.165, 1.54) is 41.5 Å². The van der Waals surface area contributed by atoms with E-state index >= 15 is 0 Å². The predicted molar refractivity (Wildman–Crippen MR) is 86.9 cm³/mol. The van der Waals surface area contributed by atoms with Gasteiger partial charge in [-0.05, 0) is 86.1 Å². The van der Waals surface area contributed by atoms with Crippen molar-refractivity contribution in [1.29, 1.82) is 0 Å². The summed E-state index contributed by atoms with van der Waals surface area (Å²) in [4.78, 5) is 0. The van der Waals surface area contributed by atoms with Crippen LogP contribution in [0.15, 0.2) is 36.4 Å². The maximum Gasteiger partial charge on any atom is 0.115 e. The first kappa shape index (κ1) is 15.4. The fraction of sp³-hybridized carbons (Fsp3) is 0.368. The minimum atomic E-state index is 0.346. The molecule has 21 heavy (non-hydrogen) atoms. The molecule has 2 nitrogen and oxygen atoms in total. The minimum absolute atomic E-state index is 0.346. The average Bonchev–Trinajstić information content (AvgIpc) is 2.42. The molecular weight excluding hydrogens is 260 g/mol. The molecule has 0 spiro atoms. The molecule has 0 heterocycles. The van der Waals surface area contributed by atoms with Crippen molar-refractivity contribution >= 4 is 0 Å². The molecule has 0 fully saturated rings. The SMILES string of the molecule is Cc1cc(O)ccc1CCCCCc1ccc(O)cc1C. The van der Waals surface area contributed by atoms with Crippen LogP contribution in [-0.4, -0.2) is 10.2 Å². The lowest BCUT2D eigenvalue weighted by Gasteiger charge is -2.08. The number of aromatic hydroxyl groups is 2. The molecule has 0 bridgehead atoms. The number of unbranched alkanes of at least 4 members (excludes halogenated alkanes) is 2. The van der Waals surface area contributed by atoms with Gasteiger partial charge in [0.2, 0.25) is 0 Å². The highest BCUT2D eigenvalue weighted by atomic mass is 16.3. The van der Waals surface area contributed by atoms with Gasteiger partial charge in [0, 0.05) is 0 Å². The highest BCUT2D eigenvalue weighted by molar-refractivity contribution is 5.34. The second-order valence-electron chi connectivity index (χ2n) is 5.78. The van der Waals surface area contributed by atoms with Crippen LogP contribution in [0.2, 0.25) is 0 Å². The Bertz CT molecular complexity index is 549. The van der Waals surface area contributed by atoms with E-state index in [1.54, 1.807) is 12.1 Å². The lowest BCUT2D eigenvalue weighted by molar-refractivity contribution is 0.474. The summed E-state index contributed by atoms with van der Waals surface area (Å²) in [7, 11) is 0. The maximum atomic E-state index is 9.40. The molecule has 0 aliphatic rings. The van der Waals surface area contributed by atoms with Gasteiger partial charge in [-0.15, -0.1) is 0 Å².